The zero-order chi connectivity index (χ0) is 9.97. The number of likely N-dealkylation sites (N-methyl/N-ethyl adjacent to an activating group) is 1. The van der Waals surface area contributed by atoms with Crippen LogP contribution in [0, 0.1) is 6.92 Å². The van der Waals surface area contributed by atoms with Gasteiger partial charge in [-0.25, -0.2) is 0 Å². The van der Waals surface area contributed by atoms with Crippen LogP contribution in [0.5, 0.6) is 0 Å². The topological polar surface area (TPSA) is 12.0 Å². The molecular weight excluding hydrogens is 170 g/mol. The fourth-order valence-corrected chi connectivity index (χ4v) is 2.10. The van der Waals surface area contributed by atoms with Gasteiger partial charge in [-0.2, -0.15) is 0 Å². The summed E-state index contributed by atoms with van der Waals surface area (Å²) < 4.78 is 0. The molecule has 1 nitrogen and oxygen atoms in total. The minimum Gasteiger partial charge on any atom is -0.316 e. The summed E-state index contributed by atoms with van der Waals surface area (Å²) in [5, 5.41) is 3.22. The second kappa shape index (κ2) is 3.97. The molecule has 0 bridgehead atoms. The molecule has 0 aromatic heterocycles. The van der Waals surface area contributed by atoms with Gasteiger partial charge in [-0.1, -0.05) is 29.8 Å². The summed E-state index contributed by atoms with van der Waals surface area (Å²) in [6.45, 7) is 3.21. The highest BCUT2D eigenvalue weighted by Gasteiger charge is 2.10. The van der Waals surface area contributed by atoms with Crippen LogP contribution < -0.4 is 5.32 Å². The van der Waals surface area contributed by atoms with E-state index >= 15 is 0 Å². The molecule has 1 N–H and O–H groups in total. The maximum atomic E-state index is 3.22. The Morgan fingerprint density at radius 3 is 2.93 bits per heavy atom. The van der Waals surface area contributed by atoms with Crippen LogP contribution in [0.1, 0.15) is 23.1 Å². The van der Waals surface area contributed by atoms with E-state index in [4.69, 9.17) is 0 Å². The Balaban J connectivity index is 2.37. The first-order valence-electron chi connectivity index (χ1n) is 5.24. The summed E-state index contributed by atoms with van der Waals surface area (Å²) in [5.41, 5.74) is 5.87. The zero-order valence-electron chi connectivity index (χ0n) is 8.93. The van der Waals surface area contributed by atoms with Gasteiger partial charge in [-0.15, -0.1) is 0 Å². The smallest absolute Gasteiger partial charge is 0.0165 e. The molecule has 1 aromatic carbocycles. The highest BCUT2D eigenvalue weighted by Crippen LogP contribution is 2.25. The average Bonchev–Trinajstić information content (AvgIpc) is 2.20. The van der Waals surface area contributed by atoms with Gasteiger partial charge in [0.05, 0.1) is 0 Å². The summed E-state index contributed by atoms with van der Waals surface area (Å²) in [6.07, 6.45) is 4.76. The third-order valence-electron chi connectivity index (χ3n) is 2.88. The lowest BCUT2D eigenvalue weighted by molar-refractivity contribution is 0.808. The number of rotatable bonds is 2. The van der Waals surface area contributed by atoms with Gasteiger partial charge in [0.2, 0.25) is 0 Å². The van der Waals surface area contributed by atoms with E-state index < -0.39 is 0 Å². The number of fused-ring (bicyclic) bond motifs is 1. The molecule has 1 aliphatic carbocycles. The van der Waals surface area contributed by atoms with Gasteiger partial charge >= 0.3 is 0 Å². The van der Waals surface area contributed by atoms with Gasteiger partial charge in [0, 0.05) is 6.54 Å². The van der Waals surface area contributed by atoms with Crippen molar-refractivity contribution in [2.45, 2.75) is 19.8 Å². The second-order valence-electron chi connectivity index (χ2n) is 3.98. The predicted octanol–water partition coefficient (Wildman–Crippen LogP) is 2.54. The van der Waals surface area contributed by atoms with Gasteiger partial charge in [-0.05, 0) is 43.5 Å². The van der Waals surface area contributed by atoms with Crippen LogP contribution in [0.2, 0.25) is 0 Å². The molecule has 0 saturated carbocycles. The van der Waals surface area contributed by atoms with Crippen LogP contribution in [0.25, 0.3) is 6.08 Å². The van der Waals surface area contributed by atoms with Crippen LogP contribution in [0.3, 0.4) is 0 Å². The molecule has 0 saturated heterocycles. The van der Waals surface area contributed by atoms with Gasteiger partial charge in [0.15, 0.2) is 0 Å². The zero-order valence-corrected chi connectivity index (χ0v) is 8.93. The Bertz CT molecular complexity index is 363. The number of benzene rings is 1. The molecule has 2 rings (SSSR count). The van der Waals surface area contributed by atoms with Crippen molar-refractivity contribution < 1.29 is 0 Å². The highest BCUT2D eigenvalue weighted by molar-refractivity contribution is 5.63. The summed E-state index contributed by atoms with van der Waals surface area (Å²) in [4.78, 5) is 0. The number of nitrogens with one attached hydrogen (secondary N) is 1. The van der Waals surface area contributed by atoms with E-state index in [9.17, 15) is 0 Å². The molecule has 0 aliphatic heterocycles. The first-order chi connectivity index (χ1) is 6.81. The Hall–Kier alpha value is -1.08. The van der Waals surface area contributed by atoms with Crippen molar-refractivity contribution in [2.24, 2.45) is 0 Å². The van der Waals surface area contributed by atoms with Crippen molar-refractivity contribution in [2.75, 3.05) is 13.6 Å². The normalized spacial score (nSPS) is 14.9. The largest absolute Gasteiger partial charge is 0.316 e. The lowest BCUT2D eigenvalue weighted by Crippen LogP contribution is -2.13. The molecule has 0 atom stereocenters. The molecule has 74 valence electrons. The fraction of sp³-hybridized carbons (Fsp3) is 0.385. The average molecular weight is 187 g/mol. The summed E-state index contributed by atoms with van der Waals surface area (Å²) in [6, 6.07) is 6.59. The van der Waals surface area contributed by atoms with Crippen LogP contribution in [-0.2, 0) is 6.42 Å². The maximum absolute atomic E-state index is 3.22. The standard InChI is InChI=1S/C13H17N/c1-10-4-3-5-12-7-6-11(9-14-2)8-13(10)12/h3-5,8,14H,6-7,9H2,1-2H3. The van der Waals surface area contributed by atoms with E-state index in [-0.39, 0.29) is 0 Å². The van der Waals surface area contributed by atoms with Gasteiger partial charge < -0.3 is 5.32 Å². The monoisotopic (exact) mass is 187 g/mol. The van der Waals surface area contributed by atoms with Crippen LogP contribution in [0.4, 0.5) is 0 Å². The molecule has 1 aliphatic rings. The van der Waals surface area contributed by atoms with E-state index in [0.717, 1.165) is 6.54 Å². The van der Waals surface area contributed by atoms with E-state index in [2.05, 4.69) is 36.5 Å². The molecule has 1 aromatic rings. The molecule has 1 heteroatoms. The molecular formula is C13H17N. The molecule has 0 amide bonds. The number of hydrogen-bond donors (Lipinski definition) is 1. The van der Waals surface area contributed by atoms with E-state index in [1.807, 2.05) is 7.05 Å². The van der Waals surface area contributed by atoms with E-state index in [0.29, 0.717) is 0 Å². The first-order valence-corrected chi connectivity index (χ1v) is 5.24. The lowest BCUT2D eigenvalue weighted by atomic mass is 9.89. The van der Waals surface area contributed by atoms with Crippen molar-refractivity contribution in [1.82, 2.24) is 5.32 Å². The minimum absolute atomic E-state index is 1.02. The predicted molar refractivity (Wildman–Crippen MR) is 61.4 cm³/mol. The quantitative estimate of drug-likeness (QED) is 0.750. The highest BCUT2D eigenvalue weighted by atomic mass is 14.8. The van der Waals surface area contributed by atoms with Crippen molar-refractivity contribution >= 4 is 6.08 Å². The Morgan fingerprint density at radius 1 is 1.29 bits per heavy atom. The second-order valence-corrected chi connectivity index (χ2v) is 3.98. The molecule has 0 unspecified atom stereocenters. The van der Waals surface area contributed by atoms with Crippen LogP contribution in [0.15, 0.2) is 23.8 Å². The third kappa shape index (κ3) is 1.73. The maximum Gasteiger partial charge on any atom is 0.0165 e. The number of aryl methyl sites for hydroxylation is 2. The SMILES string of the molecule is CNCC1=Cc2c(C)cccc2CC1. The summed E-state index contributed by atoms with van der Waals surface area (Å²) >= 11 is 0. The van der Waals surface area contributed by atoms with Crippen molar-refractivity contribution in [1.29, 1.82) is 0 Å². The third-order valence-corrected chi connectivity index (χ3v) is 2.88. The Morgan fingerprint density at radius 2 is 2.14 bits per heavy atom. The van der Waals surface area contributed by atoms with E-state index in [1.165, 1.54) is 35.1 Å². The number of hydrogen-bond acceptors (Lipinski definition) is 1. The van der Waals surface area contributed by atoms with Crippen molar-refractivity contribution in [3.05, 3.63) is 40.5 Å². The molecule has 0 spiro atoms. The first kappa shape index (κ1) is 9.47. The van der Waals surface area contributed by atoms with Crippen LogP contribution >= 0.6 is 0 Å². The lowest BCUT2D eigenvalue weighted by Gasteiger charge is -2.17. The summed E-state index contributed by atoms with van der Waals surface area (Å²) in [7, 11) is 2.01. The Kier molecular flexibility index (Phi) is 2.69. The van der Waals surface area contributed by atoms with Crippen LogP contribution in [-0.4, -0.2) is 13.6 Å². The molecule has 0 fully saturated rings. The molecule has 0 radical (unpaired) electrons. The van der Waals surface area contributed by atoms with Gasteiger partial charge in [0.1, 0.15) is 0 Å². The molecule has 14 heavy (non-hydrogen) atoms. The fourth-order valence-electron chi connectivity index (χ4n) is 2.10. The van der Waals surface area contributed by atoms with Gasteiger partial charge in [0.25, 0.3) is 0 Å². The van der Waals surface area contributed by atoms with Gasteiger partial charge in [-0.3, -0.25) is 0 Å². The molecule has 0 heterocycles. The summed E-state index contributed by atoms with van der Waals surface area (Å²) in [5.74, 6) is 0. The van der Waals surface area contributed by atoms with Crippen molar-refractivity contribution in [3.63, 3.8) is 0 Å². The van der Waals surface area contributed by atoms with E-state index in [1.54, 1.807) is 0 Å². The minimum atomic E-state index is 1.02. The Labute approximate surface area is 85.8 Å². The van der Waals surface area contributed by atoms with Crippen molar-refractivity contribution in [3.8, 4) is 0 Å².